The van der Waals surface area contributed by atoms with Crippen LogP contribution in [0.15, 0.2) is 21.3 Å². The summed E-state index contributed by atoms with van der Waals surface area (Å²) < 4.78 is 11.3. The van der Waals surface area contributed by atoms with Gasteiger partial charge < -0.3 is 15.0 Å². The van der Waals surface area contributed by atoms with Gasteiger partial charge in [0, 0.05) is 5.56 Å². The van der Waals surface area contributed by atoms with Gasteiger partial charge >= 0.3 is 0 Å². The Kier molecular flexibility index (Phi) is 3.11. The van der Waals surface area contributed by atoms with Gasteiger partial charge in [-0.15, -0.1) is 0 Å². The van der Waals surface area contributed by atoms with Crippen molar-refractivity contribution in [3.05, 3.63) is 27.9 Å². The van der Waals surface area contributed by atoms with E-state index >= 15 is 0 Å². The second kappa shape index (κ2) is 4.41. The van der Waals surface area contributed by atoms with Gasteiger partial charge in [0.25, 0.3) is 0 Å². The Labute approximate surface area is 108 Å². The maximum absolute atomic E-state index is 5.75. The molecule has 0 bridgehead atoms. The van der Waals surface area contributed by atoms with Crippen LogP contribution >= 0.6 is 15.9 Å². The van der Waals surface area contributed by atoms with Gasteiger partial charge in [-0.3, -0.25) is 0 Å². The van der Waals surface area contributed by atoms with E-state index in [1.54, 1.807) is 13.3 Å². The van der Waals surface area contributed by atoms with Crippen LogP contribution in [0.4, 0.5) is 5.88 Å². The van der Waals surface area contributed by atoms with E-state index in [4.69, 9.17) is 15.0 Å². The molecule has 0 saturated heterocycles. The Morgan fingerprint density at radius 3 is 2.59 bits per heavy atom. The van der Waals surface area contributed by atoms with Gasteiger partial charge in [0.1, 0.15) is 5.75 Å². The highest BCUT2D eigenvalue weighted by molar-refractivity contribution is 9.10. The van der Waals surface area contributed by atoms with Crippen molar-refractivity contribution in [3.8, 4) is 16.9 Å². The molecule has 1 aromatic heterocycles. The molecule has 0 aliphatic rings. The van der Waals surface area contributed by atoms with Crippen molar-refractivity contribution in [2.24, 2.45) is 0 Å². The first-order chi connectivity index (χ1) is 8.06. The minimum Gasteiger partial charge on any atom is -0.495 e. The monoisotopic (exact) mass is 296 g/mol. The number of rotatable bonds is 2. The number of nitrogen functional groups attached to an aromatic ring is 1. The molecule has 5 heteroatoms. The SMILES string of the molecule is COc1c(Br)c(C)cc(C)c1-c1cnoc1N. The van der Waals surface area contributed by atoms with E-state index in [2.05, 4.69) is 27.2 Å². The van der Waals surface area contributed by atoms with Crippen molar-refractivity contribution in [2.75, 3.05) is 12.8 Å². The standard InChI is InChI=1S/C12H13BrN2O2/c1-6-4-7(2)10(13)11(16-3)9(6)8-5-15-17-12(8)14/h4-5H,14H2,1-3H3. The molecule has 2 N–H and O–H groups in total. The molecule has 90 valence electrons. The molecule has 0 saturated carbocycles. The summed E-state index contributed by atoms with van der Waals surface area (Å²) in [4.78, 5) is 0. The van der Waals surface area contributed by atoms with Gasteiger partial charge in [0.05, 0.1) is 23.3 Å². The first-order valence-electron chi connectivity index (χ1n) is 5.10. The molecule has 0 atom stereocenters. The average Bonchev–Trinajstić information content (AvgIpc) is 2.69. The number of methoxy groups -OCH3 is 1. The molecule has 2 aromatic rings. The maximum atomic E-state index is 5.75. The summed E-state index contributed by atoms with van der Waals surface area (Å²) in [5.74, 6) is 1.04. The zero-order valence-corrected chi connectivity index (χ0v) is 11.5. The summed E-state index contributed by atoms with van der Waals surface area (Å²) in [6, 6.07) is 2.06. The predicted octanol–water partition coefficient (Wildman–Crippen LogP) is 3.31. The topological polar surface area (TPSA) is 61.3 Å². The van der Waals surface area contributed by atoms with E-state index in [0.29, 0.717) is 5.88 Å². The molecule has 1 heterocycles. The minimum atomic E-state index is 0.294. The molecule has 0 spiro atoms. The van der Waals surface area contributed by atoms with Crippen LogP contribution in [0, 0.1) is 13.8 Å². The van der Waals surface area contributed by atoms with Crippen molar-refractivity contribution >= 4 is 21.8 Å². The number of nitrogens with zero attached hydrogens (tertiary/aromatic N) is 1. The van der Waals surface area contributed by atoms with Gasteiger partial charge in [-0.2, -0.15) is 0 Å². The summed E-state index contributed by atoms with van der Waals surface area (Å²) in [5.41, 5.74) is 9.59. The highest BCUT2D eigenvalue weighted by atomic mass is 79.9. The molecular weight excluding hydrogens is 284 g/mol. The quantitative estimate of drug-likeness (QED) is 0.923. The Hall–Kier alpha value is -1.49. The first kappa shape index (κ1) is 12.0. The van der Waals surface area contributed by atoms with E-state index in [0.717, 1.165) is 32.5 Å². The molecule has 0 aliphatic carbocycles. The number of hydrogen-bond donors (Lipinski definition) is 1. The third-order valence-electron chi connectivity index (χ3n) is 2.67. The number of nitrogens with two attached hydrogens (primary N) is 1. The molecule has 2 rings (SSSR count). The molecule has 0 unspecified atom stereocenters. The molecule has 1 aromatic carbocycles. The average molecular weight is 297 g/mol. The minimum absolute atomic E-state index is 0.294. The Balaban J connectivity index is 2.77. The number of ether oxygens (including phenoxy) is 1. The fraction of sp³-hybridized carbons (Fsp3) is 0.250. The van der Waals surface area contributed by atoms with Gasteiger partial charge in [-0.25, -0.2) is 0 Å². The van der Waals surface area contributed by atoms with E-state index in [1.165, 1.54) is 0 Å². The van der Waals surface area contributed by atoms with Crippen LogP contribution in [0.1, 0.15) is 11.1 Å². The van der Waals surface area contributed by atoms with Gasteiger partial charge in [0.15, 0.2) is 0 Å². The van der Waals surface area contributed by atoms with Crippen LogP contribution in [0.2, 0.25) is 0 Å². The number of anilines is 1. The molecule has 0 fully saturated rings. The Bertz CT molecular complexity index is 564. The van der Waals surface area contributed by atoms with Crippen molar-refractivity contribution in [1.82, 2.24) is 5.16 Å². The highest BCUT2D eigenvalue weighted by Gasteiger charge is 2.19. The Morgan fingerprint density at radius 2 is 2.06 bits per heavy atom. The van der Waals surface area contributed by atoms with Crippen molar-refractivity contribution in [2.45, 2.75) is 13.8 Å². The first-order valence-corrected chi connectivity index (χ1v) is 5.89. The zero-order chi connectivity index (χ0) is 12.6. The van der Waals surface area contributed by atoms with E-state index in [1.807, 2.05) is 13.8 Å². The largest absolute Gasteiger partial charge is 0.495 e. The lowest BCUT2D eigenvalue weighted by Gasteiger charge is -2.14. The van der Waals surface area contributed by atoms with Crippen LogP contribution in [0.3, 0.4) is 0 Å². The van der Waals surface area contributed by atoms with Gasteiger partial charge in [0.2, 0.25) is 5.88 Å². The van der Waals surface area contributed by atoms with Crippen molar-refractivity contribution in [1.29, 1.82) is 0 Å². The fourth-order valence-corrected chi connectivity index (χ4v) is 2.37. The second-order valence-corrected chi connectivity index (χ2v) is 4.63. The lowest BCUT2D eigenvalue weighted by molar-refractivity contribution is 0.413. The third-order valence-corrected chi connectivity index (χ3v) is 3.66. The number of benzene rings is 1. The molecular formula is C12H13BrN2O2. The van der Waals surface area contributed by atoms with E-state index in [9.17, 15) is 0 Å². The highest BCUT2D eigenvalue weighted by Crippen LogP contribution is 2.42. The van der Waals surface area contributed by atoms with E-state index in [-0.39, 0.29) is 0 Å². The zero-order valence-electron chi connectivity index (χ0n) is 9.87. The second-order valence-electron chi connectivity index (χ2n) is 3.84. The van der Waals surface area contributed by atoms with Crippen molar-refractivity contribution in [3.63, 3.8) is 0 Å². The summed E-state index contributed by atoms with van der Waals surface area (Å²) in [6.07, 6.45) is 1.60. The molecule has 0 radical (unpaired) electrons. The summed E-state index contributed by atoms with van der Waals surface area (Å²) >= 11 is 3.52. The van der Waals surface area contributed by atoms with Crippen LogP contribution in [-0.4, -0.2) is 12.3 Å². The lowest BCUT2D eigenvalue weighted by Crippen LogP contribution is -1.96. The number of aryl methyl sites for hydroxylation is 2. The Morgan fingerprint density at radius 1 is 1.35 bits per heavy atom. The smallest absolute Gasteiger partial charge is 0.230 e. The van der Waals surface area contributed by atoms with E-state index < -0.39 is 0 Å². The normalized spacial score (nSPS) is 10.6. The predicted molar refractivity (Wildman–Crippen MR) is 70.1 cm³/mol. The van der Waals surface area contributed by atoms with Crippen LogP contribution in [0.5, 0.6) is 5.75 Å². The maximum Gasteiger partial charge on any atom is 0.230 e. The molecule has 0 amide bonds. The molecule has 0 aliphatic heterocycles. The summed E-state index contributed by atoms with van der Waals surface area (Å²) in [6.45, 7) is 4.02. The van der Waals surface area contributed by atoms with Crippen LogP contribution < -0.4 is 10.5 Å². The number of aromatic nitrogens is 1. The third kappa shape index (κ3) is 1.91. The number of halogens is 1. The van der Waals surface area contributed by atoms with Crippen LogP contribution in [-0.2, 0) is 0 Å². The lowest BCUT2D eigenvalue weighted by atomic mass is 9.99. The van der Waals surface area contributed by atoms with Crippen LogP contribution in [0.25, 0.3) is 11.1 Å². The summed E-state index contributed by atoms with van der Waals surface area (Å²) in [7, 11) is 1.63. The number of hydrogen-bond acceptors (Lipinski definition) is 4. The van der Waals surface area contributed by atoms with Crippen molar-refractivity contribution < 1.29 is 9.26 Å². The molecule has 4 nitrogen and oxygen atoms in total. The molecule has 17 heavy (non-hydrogen) atoms. The van der Waals surface area contributed by atoms with Gasteiger partial charge in [-0.1, -0.05) is 11.2 Å². The summed E-state index contributed by atoms with van der Waals surface area (Å²) in [5, 5.41) is 3.70. The van der Waals surface area contributed by atoms with Gasteiger partial charge in [-0.05, 0) is 40.9 Å². The fourth-order valence-electron chi connectivity index (χ4n) is 1.89.